The molecule has 0 aliphatic rings. The molecule has 0 unspecified atom stereocenters. The van der Waals surface area contributed by atoms with Gasteiger partial charge in [0.15, 0.2) is 0 Å². The van der Waals surface area contributed by atoms with Crippen molar-refractivity contribution in [2.75, 3.05) is 17.7 Å². The van der Waals surface area contributed by atoms with Crippen LogP contribution in [0.3, 0.4) is 0 Å². The highest BCUT2D eigenvalue weighted by molar-refractivity contribution is 6.07. The number of carbonyl (C=O) groups excluding carboxylic acids is 1. The van der Waals surface area contributed by atoms with Gasteiger partial charge in [0.25, 0.3) is 5.56 Å². The lowest BCUT2D eigenvalue weighted by Gasteiger charge is -2.23. The van der Waals surface area contributed by atoms with Crippen LogP contribution in [0.2, 0.25) is 0 Å². The SMILES string of the molecule is CCCCn1c(=O)c(NC(=O)Nc2c(C(C)C)cc(CC)cc2C(C)C)c(-c2cccc(OC)c2)c2cccnc21. The van der Waals surface area contributed by atoms with Gasteiger partial charge in [-0.3, -0.25) is 9.36 Å². The number of hydrogen-bond donors (Lipinski definition) is 2. The maximum absolute atomic E-state index is 14.1. The normalized spacial score (nSPS) is 11.3. The lowest BCUT2D eigenvalue weighted by atomic mass is 9.89. The van der Waals surface area contributed by atoms with E-state index in [1.54, 1.807) is 17.9 Å². The molecule has 7 nitrogen and oxygen atoms in total. The molecular weight excluding hydrogens is 512 g/mol. The molecule has 0 spiro atoms. The van der Waals surface area contributed by atoms with Gasteiger partial charge in [-0.1, -0.05) is 72.2 Å². The molecule has 2 aromatic heterocycles. The Morgan fingerprint density at radius 2 is 1.63 bits per heavy atom. The third kappa shape index (κ3) is 6.29. The molecular formula is C34H42N4O3. The minimum atomic E-state index is -0.454. The Hall–Kier alpha value is -4.13. The first-order valence-electron chi connectivity index (χ1n) is 14.6. The number of hydrogen-bond acceptors (Lipinski definition) is 4. The van der Waals surface area contributed by atoms with E-state index in [0.29, 0.717) is 23.5 Å². The third-order valence-electron chi connectivity index (χ3n) is 7.50. The molecule has 0 fully saturated rings. The first-order valence-corrected chi connectivity index (χ1v) is 14.6. The Morgan fingerprint density at radius 1 is 0.951 bits per heavy atom. The standard InChI is InChI=1S/C34H42N4O3/c1-8-10-17-38-32-26(15-12-16-35-32)29(24-13-11-14-25(20-24)41-7)31(33(38)39)37-34(40)36-30-27(21(3)4)18-23(9-2)19-28(30)22(5)6/h11-16,18-22H,8-10,17H2,1-7H3,(H2,36,37,40). The minimum Gasteiger partial charge on any atom is -0.497 e. The lowest BCUT2D eigenvalue weighted by Crippen LogP contribution is -2.30. The number of rotatable bonds is 10. The number of anilines is 2. The highest BCUT2D eigenvalue weighted by atomic mass is 16.5. The van der Waals surface area contributed by atoms with E-state index in [0.717, 1.165) is 47.0 Å². The zero-order valence-electron chi connectivity index (χ0n) is 25.3. The van der Waals surface area contributed by atoms with E-state index >= 15 is 0 Å². The van der Waals surface area contributed by atoms with Gasteiger partial charge in [0, 0.05) is 29.4 Å². The minimum absolute atomic E-state index is 0.208. The predicted molar refractivity (Wildman–Crippen MR) is 170 cm³/mol. The van der Waals surface area contributed by atoms with Gasteiger partial charge in [-0.05, 0) is 71.2 Å². The van der Waals surface area contributed by atoms with Crippen LogP contribution >= 0.6 is 0 Å². The molecule has 41 heavy (non-hydrogen) atoms. The molecule has 0 aliphatic heterocycles. The highest BCUT2D eigenvalue weighted by Gasteiger charge is 2.23. The largest absolute Gasteiger partial charge is 0.497 e. The fraction of sp³-hybridized carbons (Fsp3) is 0.382. The molecule has 0 bridgehead atoms. The maximum Gasteiger partial charge on any atom is 0.323 e. The number of pyridine rings is 2. The van der Waals surface area contributed by atoms with E-state index < -0.39 is 6.03 Å². The number of methoxy groups -OCH3 is 1. The molecule has 0 aliphatic carbocycles. The van der Waals surface area contributed by atoms with Crippen LogP contribution in [0.4, 0.5) is 16.2 Å². The van der Waals surface area contributed by atoms with Crippen LogP contribution in [0.1, 0.15) is 82.9 Å². The summed E-state index contributed by atoms with van der Waals surface area (Å²) in [6.45, 7) is 13.3. The zero-order valence-corrected chi connectivity index (χ0v) is 25.3. The molecule has 4 aromatic rings. The quantitative estimate of drug-likeness (QED) is 0.206. The molecule has 0 radical (unpaired) electrons. The van der Waals surface area contributed by atoms with Crippen molar-refractivity contribution in [3.05, 3.63) is 81.8 Å². The summed E-state index contributed by atoms with van der Waals surface area (Å²) in [6.07, 6.45) is 4.35. The number of nitrogens with zero attached hydrogens (tertiary/aromatic N) is 2. The van der Waals surface area contributed by atoms with Gasteiger partial charge in [0.05, 0.1) is 7.11 Å². The summed E-state index contributed by atoms with van der Waals surface area (Å²) in [4.78, 5) is 32.5. The Labute approximate surface area is 243 Å². The number of benzene rings is 2. The second kappa shape index (κ2) is 13.0. The molecule has 2 amide bonds. The topological polar surface area (TPSA) is 85.2 Å². The average Bonchev–Trinajstić information content (AvgIpc) is 2.97. The summed E-state index contributed by atoms with van der Waals surface area (Å²) in [5.74, 6) is 1.07. The summed E-state index contributed by atoms with van der Waals surface area (Å²) in [7, 11) is 1.61. The van der Waals surface area contributed by atoms with Gasteiger partial charge in [-0.2, -0.15) is 0 Å². The van der Waals surface area contributed by atoms with Crippen LogP contribution in [0.15, 0.2) is 59.5 Å². The van der Waals surface area contributed by atoms with Gasteiger partial charge < -0.3 is 15.4 Å². The highest BCUT2D eigenvalue weighted by Crippen LogP contribution is 2.36. The van der Waals surface area contributed by atoms with Crippen molar-refractivity contribution < 1.29 is 9.53 Å². The molecule has 7 heteroatoms. The fourth-order valence-corrected chi connectivity index (χ4v) is 5.27. The second-order valence-corrected chi connectivity index (χ2v) is 11.1. The molecule has 216 valence electrons. The second-order valence-electron chi connectivity index (χ2n) is 11.1. The molecule has 0 atom stereocenters. The molecule has 4 rings (SSSR count). The average molecular weight is 555 g/mol. The van der Waals surface area contributed by atoms with Crippen LogP contribution in [-0.2, 0) is 13.0 Å². The van der Waals surface area contributed by atoms with Gasteiger partial charge in [-0.25, -0.2) is 9.78 Å². The van der Waals surface area contributed by atoms with Gasteiger partial charge in [0.1, 0.15) is 17.1 Å². The first kappa shape index (κ1) is 29.8. The number of fused-ring (bicyclic) bond motifs is 1. The molecule has 0 saturated carbocycles. The van der Waals surface area contributed by atoms with Crippen LogP contribution in [-0.4, -0.2) is 22.7 Å². The molecule has 2 aromatic carbocycles. The number of urea groups is 1. The summed E-state index contributed by atoms with van der Waals surface area (Å²) < 4.78 is 7.16. The van der Waals surface area contributed by atoms with Crippen molar-refractivity contribution in [3.63, 3.8) is 0 Å². The number of nitrogens with one attached hydrogen (secondary N) is 2. The van der Waals surface area contributed by atoms with Crippen LogP contribution < -0.4 is 20.9 Å². The first-order chi connectivity index (χ1) is 19.7. The van der Waals surface area contributed by atoms with E-state index in [4.69, 9.17) is 4.74 Å². The van der Waals surface area contributed by atoms with Crippen molar-refractivity contribution in [2.45, 2.75) is 79.2 Å². The van der Waals surface area contributed by atoms with Gasteiger partial charge in [-0.15, -0.1) is 0 Å². The zero-order chi connectivity index (χ0) is 29.7. The van der Waals surface area contributed by atoms with Crippen molar-refractivity contribution in [3.8, 4) is 16.9 Å². The van der Waals surface area contributed by atoms with E-state index in [-0.39, 0.29) is 23.1 Å². The van der Waals surface area contributed by atoms with Gasteiger partial charge in [0.2, 0.25) is 0 Å². The van der Waals surface area contributed by atoms with E-state index in [2.05, 4.69) is 69.3 Å². The fourth-order valence-electron chi connectivity index (χ4n) is 5.27. The molecule has 2 heterocycles. The Kier molecular flexibility index (Phi) is 9.48. The third-order valence-corrected chi connectivity index (χ3v) is 7.50. The molecule has 2 N–H and O–H groups in total. The van der Waals surface area contributed by atoms with Crippen LogP contribution in [0.5, 0.6) is 5.75 Å². The summed E-state index contributed by atoms with van der Waals surface area (Å²) in [6, 6.07) is 15.2. The Balaban J connectivity index is 1.90. The summed E-state index contributed by atoms with van der Waals surface area (Å²) in [5, 5.41) is 6.91. The van der Waals surface area contributed by atoms with Crippen molar-refractivity contribution in [1.82, 2.24) is 9.55 Å². The van der Waals surface area contributed by atoms with Gasteiger partial charge >= 0.3 is 6.03 Å². The summed E-state index contributed by atoms with van der Waals surface area (Å²) in [5.41, 5.74) is 6.12. The number of aryl methyl sites for hydroxylation is 2. The van der Waals surface area contributed by atoms with E-state index in [1.165, 1.54) is 5.56 Å². The predicted octanol–water partition coefficient (Wildman–Crippen LogP) is 8.33. The Bertz CT molecular complexity index is 1570. The van der Waals surface area contributed by atoms with Crippen molar-refractivity contribution >= 4 is 28.4 Å². The van der Waals surface area contributed by atoms with E-state index in [1.807, 2.05) is 36.4 Å². The smallest absolute Gasteiger partial charge is 0.323 e. The Morgan fingerprint density at radius 3 is 2.24 bits per heavy atom. The number of ether oxygens (including phenoxy) is 1. The maximum atomic E-state index is 14.1. The van der Waals surface area contributed by atoms with E-state index in [9.17, 15) is 9.59 Å². The number of amides is 2. The van der Waals surface area contributed by atoms with Crippen molar-refractivity contribution in [2.24, 2.45) is 0 Å². The number of unbranched alkanes of at least 4 members (excludes halogenated alkanes) is 1. The number of carbonyl (C=O) groups is 1. The van der Waals surface area contributed by atoms with Crippen LogP contribution in [0, 0.1) is 0 Å². The number of aromatic nitrogens is 2. The molecule has 0 saturated heterocycles. The summed E-state index contributed by atoms with van der Waals surface area (Å²) >= 11 is 0. The lowest BCUT2D eigenvalue weighted by molar-refractivity contribution is 0.262. The monoisotopic (exact) mass is 554 g/mol. The van der Waals surface area contributed by atoms with Crippen molar-refractivity contribution in [1.29, 1.82) is 0 Å². The van der Waals surface area contributed by atoms with Crippen LogP contribution in [0.25, 0.3) is 22.2 Å².